The number of rotatable bonds is 6. The van der Waals surface area contributed by atoms with Gasteiger partial charge in [-0.25, -0.2) is 4.98 Å². The number of nitrogens with zero attached hydrogens (tertiary/aromatic N) is 1. The van der Waals surface area contributed by atoms with Crippen LogP contribution >= 0.6 is 11.3 Å². The summed E-state index contributed by atoms with van der Waals surface area (Å²) in [5.41, 5.74) is 0.953. The first-order valence-corrected chi connectivity index (χ1v) is 7.16. The van der Waals surface area contributed by atoms with Gasteiger partial charge in [-0.05, 0) is 13.0 Å². The highest BCUT2D eigenvalue weighted by Crippen LogP contribution is 2.23. The number of nitrogens with one attached hydrogen (secondary N) is 1. The van der Waals surface area contributed by atoms with E-state index in [0.717, 1.165) is 5.56 Å². The number of carbonyl (C=O) groups is 1. The average molecular weight is 334 g/mol. The third-order valence-electron chi connectivity index (χ3n) is 2.52. The topological polar surface area (TPSA) is 64.4 Å². The molecule has 0 aliphatic heterocycles. The predicted octanol–water partition coefficient (Wildman–Crippen LogP) is 3.10. The molecular formula is C13H13F3N2O3S. The zero-order valence-electron chi connectivity index (χ0n) is 11.5. The zero-order chi connectivity index (χ0) is 16.2. The molecule has 5 nitrogen and oxygen atoms in total. The van der Waals surface area contributed by atoms with Crippen molar-refractivity contribution in [1.82, 2.24) is 10.3 Å². The third kappa shape index (κ3) is 4.85. The van der Waals surface area contributed by atoms with Gasteiger partial charge >= 0.3 is 6.18 Å². The molecule has 2 aromatic heterocycles. The minimum atomic E-state index is -4.38. The van der Waals surface area contributed by atoms with Crippen molar-refractivity contribution >= 4 is 17.2 Å². The first kappa shape index (κ1) is 16.5. The Morgan fingerprint density at radius 3 is 2.95 bits per heavy atom. The Bertz CT molecular complexity index is 610. The lowest BCUT2D eigenvalue weighted by molar-refractivity contribution is -0.174. The van der Waals surface area contributed by atoms with Gasteiger partial charge in [-0.1, -0.05) is 0 Å². The Hall–Kier alpha value is -1.87. The van der Waals surface area contributed by atoms with Gasteiger partial charge in [-0.2, -0.15) is 13.2 Å². The fourth-order valence-corrected chi connectivity index (χ4v) is 2.37. The second kappa shape index (κ2) is 6.93. The van der Waals surface area contributed by atoms with Crippen molar-refractivity contribution in [3.8, 4) is 10.6 Å². The van der Waals surface area contributed by atoms with Crippen LogP contribution in [-0.2, 0) is 4.74 Å². The number of alkyl halides is 3. The number of hydrogen-bond acceptors (Lipinski definition) is 5. The molecule has 0 fully saturated rings. The van der Waals surface area contributed by atoms with Crippen LogP contribution in [0.15, 0.2) is 28.4 Å². The number of ether oxygens (including phenoxy) is 1. The summed E-state index contributed by atoms with van der Waals surface area (Å²) < 4.78 is 45.3. The van der Waals surface area contributed by atoms with Crippen molar-refractivity contribution in [2.45, 2.75) is 19.1 Å². The molecule has 22 heavy (non-hydrogen) atoms. The molecule has 2 heterocycles. The largest absolute Gasteiger partial charge is 0.472 e. The Morgan fingerprint density at radius 2 is 2.32 bits per heavy atom. The monoisotopic (exact) mass is 334 g/mol. The molecular weight excluding hydrogens is 321 g/mol. The maximum Gasteiger partial charge on any atom is 0.411 e. The number of thiazole rings is 1. The predicted molar refractivity (Wildman–Crippen MR) is 73.6 cm³/mol. The van der Waals surface area contributed by atoms with Crippen molar-refractivity contribution in [3.63, 3.8) is 0 Å². The van der Waals surface area contributed by atoms with Gasteiger partial charge in [0.2, 0.25) is 0 Å². The molecule has 0 radical (unpaired) electrons. The van der Waals surface area contributed by atoms with Gasteiger partial charge in [-0.15, -0.1) is 11.3 Å². The molecule has 9 heteroatoms. The van der Waals surface area contributed by atoms with Crippen LogP contribution in [0.3, 0.4) is 0 Å². The van der Waals surface area contributed by atoms with E-state index in [0.29, 0.717) is 5.01 Å². The van der Waals surface area contributed by atoms with E-state index >= 15 is 0 Å². The highest BCUT2D eigenvalue weighted by atomic mass is 32.1. The molecule has 0 unspecified atom stereocenters. The molecule has 1 atom stereocenters. The van der Waals surface area contributed by atoms with Gasteiger partial charge in [0.25, 0.3) is 5.91 Å². The highest BCUT2D eigenvalue weighted by Gasteiger charge is 2.27. The zero-order valence-corrected chi connectivity index (χ0v) is 12.3. The van der Waals surface area contributed by atoms with E-state index in [1.807, 2.05) is 0 Å². The summed E-state index contributed by atoms with van der Waals surface area (Å²) in [6.07, 6.45) is -1.37. The van der Waals surface area contributed by atoms with Crippen molar-refractivity contribution in [2.24, 2.45) is 0 Å². The van der Waals surface area contributed by atoms with Crippen molar-refractivity contribution in [3.05, 3.63) is 29.7 Å². The lowest BCUT2D eigenvalue weighted by atomic mass is 10.3. The molecule has 1 amide bonds. The minimum Gasteiger partial charge on any atom is -0.472 e. The second-order valence-corrected chi connectivity index (χ2v) is 5.41. The summed E-state index contributed by atoms with van der Waals surface area (Å²) in [5, 5.41) is 4.73. The van der Waals surface area contributed by atoms with Crippen LogP contribution in [-0.4, -0.2) is 36.3 Å². The third-order valence-corrected chi connectivity index (χ3v) is 3.41. The molecule has 0 aliphatic rings. The van der Waals surface area contributed by atoms with E-state index in [1.165, 1.54) is 23.9 Å². The van der Waals surface area contributed by atoms with Gasteiger partial charge in [0.1, 0.15) is 23.6 Å². The van der Waals surface area contributed by atoms with Crippen LogP contribution < -0.4 is 5.32 Å². The SMILES string of the molecule is C[C@@H](COCC(F)(F)F)NC(=O)c1csc(-c2ccoc2)n1. The molecule has 0 saturated heterocycles. The number of halogens is 3. The van der Waals surface area contributed by atoms with Gasteiger partial charge in [-0.3, -0.25) is 4.79 Å². The maximum atomic E-state index is 11.9. The molecule has 0 spiro atoms. The molecule has 120 valence electrons. The van der Waals surface area contributed by atoms with Crippen molar-refractivity contribution in [2.75, 3.05) is 13.2 Å². The first-order chi connectivity index (χ1) is 10.3. The van der Waals surface area contributed by atoms with Crippen LogP contribution in [0.1, 0.15) is 17.4 Å². The molecule has 0 aliphatic carbocycles. The van der Waals surface area contributed by atoms with Gasteiger partial charge in [0.15, 0.2) is 0 Å². The minimum absolute atomic E-state index is 0.198. The first-order valence-electron chi connectivity index (χ1n) is 6.28. The van der Waals surface area contributed by atoms with E-state index in [2.05, 4.69) is 15.0 Å². The van der Waals surface area contributed by atoms with Crippen molar-refractivity contribution < 1.29 is 27.1 Å². The lowest BCUT2D eigenvalue weighted by Gasteiger charge is -2.14. The molecule has 1 N–H and O–H groups in total. The second-order valence-electron chi connectivity index (χ2n) is 4.55. The quantitative estimate of drug-likeness (QED) is 0.882. The molecule has 0 saturated carbocycles. The van der Waals surface area contributed by atoms with E-state index in [9.17, 15) is 18.0 Å². The van der Waals surface area contributed by atoms with Crippen LogP contribution in [0.25, 0.3) is 10.6 Å². The van der Waals surface area contributed by atoms with Crippen LogP contribution in [0.5, 0.6) is 0 Å². The Morgan fingerprint density at radius 1 is 1.55 bits per heavy atom. The van der Waals surface area contributed by atoms with Gasteiger partial charge < -0.3 is 14.5 Å². The van der Waals surface area contributed by atoms with E-state index in [1.54, 1.807) is 18.4 Å². The Kier molecular flexibility index (Phi) is 5.19. The number of furan rings is 1. The number of hydrogen-bond donors (Lipinski definition) is 1. The summed E-state index contributed by atoms with van der Waals surface area (Å²) in [5.74, 6) is -0.464. The summed E-state index contributed by atoms with van der Waals surface area (Å²) >= 11 is 1.27. The molecule has 2 rings (SSSR count). The van der Waals surface area contributed by atoms with Crippen LogP contribution in [0.4, 0.5) is 13.2 Å². The highest BCUT2D eigenvalue weighted by molar-refractivity contribution is 7.13. The average Bonchev–Trinajstić information content (AvgIpc) is 3.08. The standard InChI is InChI=1S/C13H13F3N2O3S/c1-8(4-21-7-13(14,15)16)17-11(19)10-6-22-12(18-10)9-2-3-20-5-9/h2-3,5-6,8H,4,7H2,1H3,(H,17,19)/t8-/m0/s1. The normalized spacial score (nSPS) is 13.1. The summed E-state index contributed by atoms with van der Waals surface area (Å²) in [7, 11) is 0. The Balaban J connectivity index is 1.84. The van der Waals surface area contributed by atoms with E-state index < -0.39 is 24.7 Å². The van der Waals surface area contributed by atoms with E-state index in [4.69, 9.17) is 4.42 Å². The summed E-state index contributed by atoms with van der Waals surface area (Å²) in [4.78, 5) is 16.1. The van der Waals surface area contributed by atoms with Crippen LogP contribution in [0.2, 0.25) is 0 Å². The number of carbonyl (C=O) groups excluding carboxylic acids is 1. The maximum absolute atomic E-state index is 11.9. The summed E-state index contributed by atoms with van der Waals surface area (Å²) in [6.45, 7) is -0.0177. The Labute approximate surface area is 128 Å². The molecule has 0 bridgehead atoms. The van der Waals surface area contributed by atoms with E-state index in [-0.39, 0.29) is 12.3 Å². The molecule has 2 aromatic rings. The van der Waals surface area contributed by atoms with Crippen LogP contribution in [0, 0.1) is 0 Å². The number of amides is 1. The summed E-state index contributed by atoms with van der Waals surface area (Å²) in [6, 6.07) is 1.16. The van der Waals surface area contributed by atoms with Gasteiger partial charge in [0.05, 0.1) is 12.9 Å². The fraction of sp³-hybridized carbons (Fsp3) is 0.385. The lowest BCUT2D eigenvalue weighted by Crippen LogP contribution is -2.37. The fourth-order valence-electron chi connectivity index (χ4n) is 1.59. The number of aromatic nitrogens is 1. The van der Waals surface area contributed by atoms with Crippen molar-refractivity contribution in [1.29, 1.82) is 0 Å². The molecule has 0 aromatic carbocycles. The smallest absolute Gasteiger partial charge is 0.411 e. The van der Waals surface area contributed by atoms with Gasteiger partial charge in [0, 0.05) is 17.0 Å².